The number of hydrogen-bond acceptors (Lipinski definition) is 4. The molecular weight excluding hydrogens is 341 g/mol. The fourth-order valence-electron chi connectivity index (χ4n) is 1.79. The fraction of sp³-hybridized carbons (Fsp3) is 0.0667. The number of carbonyl (C=O) groups is 1. The summed E-state index contributed by atoms with van der Waals surface area (Å²) < 4.78 is 0. The molecule has 23 heavy (non-hydrogen) atoms. The third-order valence-corrected chi connectivity index (χ3v) is 3.49. The van der Waals surface area contributed by atoms with Crippen molar-refractivity contribution in [3.8, 4) is 0 Å². The smallest absolute Gasteiger partial charge is 0.273 e. The molecule has 0 unspecified atom stereocenters. The van der Waals surface area contributed by atoms with Crippen LogP contribution in [-0.4, -0.2) is 17.0 Å². The molecule has 8 heteroatoms. The van der Waals surface area contributed by atoms with Gasteiger partial charge in [-0.2, -0.15) is 5.10 Å². The Balaban J connectivity index is 2.04. The van der Waals surface area contributed by atoms with Gasteiger partial charge < -0.3 is 0 Å². The quantitative estimate of drug-likeness (QED) is 0.507. The van der Waals surface area contributed by atoms with Crippen molar-refractivity contribution < 1.29 is 9.72 Å². The molecular formula is C15H11Cl2N3O3. The molecule has 2 aromatic carbocycles. The first-order valence-corrected chi connectivity index (χ1v) is 7.22. The van der Waals surface area contributed by atoms with Gasteiger partial charge in [0.2, 0.25) is 5.91 Å². The molecule has 0 saturated heterocycles. The molecule has 118 valence electrons. The molecule has 1 N–H and O–H groups in total. The zero-order valence-electron chi connectivity index (χ0n) is 11.7. The van der Waals surface area contributed by atoms with Gasteiger partial charge in [0, 0.05) is 11.6 Å². The van der Waals surface area contributed by atoms with E-state index in [1.165, 1.54) is 18.3 Å². The van der Waals surface area contributed by atoms with Gasteiger partial charge in [0.05, 0.1) is 22.6 Å². The second-order valence-corrected chi connectivity index (χ2v) is 5.35. The largest absolute Gasteiger partial charge is 0.288 e. The van der Waals surface area contributed by atoms with Gasteiger partial charge in [0.25, 0.3) is 5.69 Å². The first kappa shape index (κ1) is 16.9. The van der Waals surface area contributed by atoms with E-state index in [9.17, 15) is 14.9 Å². The zero-order valence-corrected chi connectivity index (χ0v) is 13.2. The van der Waals surface area contributed by atoms with Crippen molar-refractivity contribution in [1.82, 2.24) is 5.43 Å². The van der Waals surface area contributed by atoms with Gasteiger partial charge >= 0.3 is 0 Å². The minimum Gasteiger partial charge on any atom is -0.273 e. The topological polar surface area (TPSA) is 84.6 Å². The predicted molar refractivity (Wildman–Crippen MR) is 89.0 cm³/mol. The third kappa shape index (κ3) is 4.77. The number of amides is 1. The number of carbonyl (C=O) groups excluding carboxylic acids is 1. The van der Waals surface area contributed by atoms with Crippen molar-refractivity contribution in [2.45, 2.75) is 6.42 Å². The third-order valence-electron chi connectivity index (χ3n) is 2.86. The Morgan fingerprint density at radius 1 is 1.22 bits per heavy atom. The lowest BCUT2D eigenvalue weighted by Crippen LogP contribution is -2.19. The molecule has 2 rings (SSSR count). The second kappa shape index (κ2) is 7.71. The number of nitrogens with one attached hydrogen (secondary N) is 1. The minimum absolute atomic E-state index is 0.0646. The second-order valence-electron chi connectivity index (χ2n) is 4.54. The highest BCUT2D eigenvalue weighted by Crippen LogP contribution is 2.29. The summed E-state index contributed by atoms with van der Waals surface area (Å²) in [4.78, 5) is 21.9. The number of nitrogens with zero attached hydrogens (tertiary/aromatic N) is 2. The first-order chi connectivity index (χ1) is 11.0. The van der Waals surface area contributed by atoms with Crippen LogP contribution in [0.25, 0.3) is 0 Å². The zero-order chi connectivity index (χ0) is 16.8. The highest BCUT2D eigenvalue weighted by molar-refractivity contribution is 6.37. The molecule has 6 nitrogen and oxygen atoms in total. The maximum atomic E-state index is 11.7. The van der Waals surface area contributed by atoms with Crippen molar-refractivity contribution >= 4 is 41.0 Å². The Labute approximate surface area is 141 Å². The summed E-state index contributed by atoms with van der Waals surface area (Å²) in [5, 5.41) is 14.7. The SMILES string of the molecule is O=C(Cc1ccccc1)N/N=C/c1cc([N+](=O)[O-])c(Cl)cc1Cl. The number of benzene rings is 2. The molecule has 0 aromatic heterocycles. The molecule has 0 aliphatic heterocycles. The summed E-state index contributed by atoms with van der Waals surface area (Å²) in [5.74, 6) is -0.313. The molecule has 2 aromatic rings. The van der Waals surface area contributed by atoms with E-state index in [0.717, 1.165) is 5.56 Å². The van der Waals surface area contributed by atoms with Crippen LogP contribution in [0.1, 0.15) is 11.1 Å². The molecule has 0 radical (unpaired) electrons. The molecule has 0 saturated carbocycles. The van der Waals surface area contributed by atoms with Crippen LogP contribution in [0.2, 0.25) is 10.0 Å². The van der Waals surface area contributed by atoms with Crippen LogP contribution < -0.4 is 5.43 Å². The van der Waals surface area contributed by atoms with Gasteiger partial charge in [0.1, 0.15) is 5.02 Å². The Morgan fingerprint density at radius 3 is 2.57 bits per heavy atom. The normalized spacial score (nSPS) is 10.7. The summed E-state index contributed by atoms with van der Waals surface area (Å²) in [7, 11) is 0. The highest BCUT2D eigenvalue weighted by atomic mass is 35.5. The maximum absolute atomic E-state index is 11.7. The summed E-state index contributed by atoms with van der Waals surface area (Å²) in [6.07, 6.45) is 1.40. The van der Waals surface area contributed by atoms with Crippen LogP contribution in [0.5, 0.6) is 0 Å². The first-order valence-electron chi connectivity index (χ1n) is 6.46. The van der Waals surface area contributed by atoms with E-state index >= 15 is 0 Å². The van der Waals surface area contributed by atoms with Crippen LogP contribution in [0.15, 0.2) is 47.6 Å². The number of nitro groups is 1. The van der Waals surface area contributed by atoms with Gasteiger partial charge in [-0.1, -0.05) is 53.5 Å². The van der Waals surface area contributed by atoms with Gasteiger partial charge in [-0.25, -0.2) is 5.43 Å². The fourth-order valence-corrected chi connectivity index (χ4v) is 2.29. The van der Waals surface area contributed by atoms with E-state index < -0.39 is 4.92 Å². The van der Waals surface area contributed by atoms with Gasteiger partial charge in [-0.3, -0.25) is 14.9 Å². The van der Waals surface area contributed by atoms with E-state index in [1.807, 2.05) is 30.3 Å². The summed E-state index contributed by atoms with van der Waals surface area (Å²) in [6.45, 7) is 0. The van der Waals surface area contributed by atoms with E-state index in [2.05, 4.69) is 10.5 Å². The van der Waals surface area contributed by atoms with Crippen LogP contribution in [0.3, 0.4) is 0 Å². The molecule has 0 atom stereocenters. The molecule has 0 bridgehead atoms. The highest BCUT2D eigenvalue weighted by Gasteiger charge is 2.15. The average molecular weight is 352 g/mol. The summed E-state index contributed by atoms with van der Waals surface area (Å²) >= 11 is 11.7. The molecule has 0 spiro atoms. The Morgan fingerprint density at radius 2 is 1.91 bits per heavy atom. The van der Waals surface area contributed by atoms with Crippen LogP contribution in [0.4, 0.5) is 5.69 Å². The van der Waals surface area contributed by atoms with E-state index in [1.54, 1.807) is 0 Å². The van der Waals surface area contributed by atoms with Gasteiger partial charge in [-0.15, -0.1) is 0 Å². The monoisotopic (exact) mass is 351 g/mol. The van der Waals surface area contributed by atoms with E-state index in [0.29, 0.717) is 0 Å². The Kier molecular flexibility index (Phi) is 5.67. The van der Waals surface area contributed by atoms with Crippen molar-refractivity contribution in [2.75, 3.05) is 0 Å². The number of rotatable bonds is 5. The van der Waals surface area contributed by atoms with Gasteiger partial charge in [-0.05, 0) is 11.6 Å². The van der Waals surface area contributed by atoms with Gasteiger partial charge in [0.15, 0.2) is 0 Å². The minimum atomic E-state index is -0.621. The van der Waals surface area contributed by atoms with E-state index in [-0.39, 0.29) is 33.6 Å². The number of halogens is 2. The molecule has 0 heterocycles. The lowest BCUT2D eigenvalue weighted by molar-refractivity contribution is -0.384. The standard InChI is InChI=1S/C15H11Cl2N3O3/c16-12-8-13(17)14(20(22)23)7-11(12)9-18-19-15(21)6-10-4-2-1-3-5-10/h1-5,7-9H,6H2,(H,19,21)/b18-9+. The Hall–Kier alpha value is -2.44. The maximum Gasteiger partial charge on any atom is 0.288 e. The summed E-state index contributed by atoms with van der Waals surface area (Å²) in [6, 6.07) is 11.6. The lowest BCUT2D eigenvalue weighted by atomic mass is 10.1. The van der Waals surface area contributed by atoms with Crippen LogP contribution in [-0.2, 0) is 11.2 Å². The van der Waals surface area contributed by atoms with E-state index in [4.69, 9.17) is 23.2 Å². The van der Waals surface area contributed by atoms with Crippen molar-refractivity contribution in [1.29, 1.82) is 0 Å². The molecule has 0 aliphatic carbocycles. The number of hydrogen-bond donors (Lipinski definition) is 1. The summed E-state index contributed by atoms with van der Waals surface area (Å²) in [5.41, 5.74) is 3.18. The molecule has 0 fully saturated rings. The average Bonchev–Trinajstić information content (AvgIpc) is 2.50. The van der Waals surface area contributed by atoms with Crippen LogP contribution in [0, 0.1) is 10.1 Å². The Bertz CT molecular complexity index is 764. The van der Waals surface area contributed by atoms with Crippen molar-refractivity contribution in [3.05, 3.63) is 73.8 Å². The van der Waals surface area contributed by atoms with Crippen molar-refractivity contribution in [3.63, 3.8) is 0 Å². The number of nitro benzene ring substituents is 1. The van der Waals surface area contributed by atoms with Crippen LogP contribution >= 0.6 is 23.2 Å². The molecule has 0 aliphatic rings. The predicted octanol–water partition coefficient (Wildman–Crippen LogP) is 3.59. The molecule has 1 amide bonds. The lowest BCUT2D eigenvalue weighted by Gasteiger charge is -2.02. The van der Waals surface area contributed by atoms with Crippen molar-refractivity contribution in [2.24, 2.45) is 5.10 Å². The number of hydrazone groups is 1.